The molecule has 8 heteroatoms. The first kappa shape index (κ1) is 21.7. The van der Waals surface area contributed by atoms with Gasteiger partial charge in [0.25, 0.3) is 0 Å². The third-order valence-corrected chi connectivity index (χ3v) is 7.96. The van der Waals surface area contributed by atoms with Crippen LogP contribution in [0.25, 0.3) is 10.8 Å². The minimum atomic E-state index is -0.401. The Morgan fingerprint density at radius 2 is 1.07 bits per heavy atom. The van der Waals surface area contributed by atoms with Crippen molar-refractivity contribution in [2.75, 3.05) is 0 Å². The molecule has 5 aromatic rings. The van der Waals surface area contributed by atoms with Gasteiger partial charge in [0.2, 0.25) is 0 Å². The fraction of sp³-hybridized carbons (Fsp3) is 0.0938. The van der Waals surface area contributed by atoms with Crippen molar-refractivity contribution in [3.05, 3.63) is 141 Å². The minimum Gasteiger partial charge on any atom is -0.324 e. The van der Waals surface area contributed by atoms with Gasteiger partial charge < -0.3 is 10.3 Å². The molecule has 0 amide bonds. The lowest BCUT2D eigenvalue weighted by atomic mass is 10.0. The molecule has 0 saturated heterocycles. The van der Waals surface area contributed by atoms with Gasteiger partial charge in [0.05, 0.1) is 0 Å². The molecule has 5 heterocycles. The largest absolute Gasteiger partial charge is 0.324 e. The molecule has 0 spiro atoms. The van der Waals surface area contributed by atoms with E-state index in [1.807, 2.05) is 48.5 Å². The first-order valence-electron chi connectivity index (χ1n) is 13.4. The van der Waals surface area contributed by atoms with Crippen LogP contribution in [-0.2, 0) is 0 Å². The zero-order chi connectivity index (χ0) is 26.2. The number of fused-ring (bicyclic) bond motifs is 17. The molecular weight excluding hydrogens is 496 g/mol. The number of nitrogens with zero attached hydrogens (tertiary/aromatic N) is 5. The number of aromatic amines is 1. The summed E-state index contributed by atoms with van der Waals surface area (Å²) in [7, 11) is 0. The van der Waals surface area contributed by atoms with Crippen molar-refractivity contribution in [2.45, 2.75) is 18.5 Å². The molecule has 3 atom stereocenters. The molecular formula is C32H22N8. The molecule has 190 valence electrons. The highest BCUT2D eigenvalue weighted by Crippen LogP contribution is 2.35. The highest BCUT2D eigenvalue weighted by molar-refractivity contribution is 6.17. The normalized spacial score (nSPS) is 22.6. The summed E-state index contributed by atoms with van der Waals surface area (Å²) in [6, 6.07) is 33.0. The summed E-state index contributed by atoms with van der Waals surface area (Å²) in [4.78, 5) is 28.9. The van der Waals surface area contributed by atoms with Gasteiger partial charge in [-0.1, -0.05) is 97.1 Å². The van der Waals surface area contributed by atoms with Crippen molar-refractivity contribution >= 4 is 28.3 Å². The van der Waals surface area contributed by atoms with Crippen LogP contribution in [0.5, 0.6) is 0 Å². The van der Waals surface area contributed by atoms with Crippen molar-refractivity contribution in [1.82, 2.24) is 15.6 Å². The average Bonchev–Trinajstić information content (AvgIpc) is 3.73. The van der Waals surface area contributed by atoms with Gasteiger partial charge >= 0.3 is 0 Å². The molecule has 40 heavy (non-hydrogen) atoms. The van der Waals surface area contributed by atoms with Crippen LogP contribution >= 0.6 is 0 Å². The molecule has 0 aliphatic carbocycles. The Hall–Kier alpha value is -5.21. The summed E-state index contributed by atoms with van der Waals surface area (Å²) in [5.41, 5.74) is 7.78. The van der Waals surface area contributed by atoms with E-state index in [-0.39, 0.29) is 12.3 Å². The molecule has 8 bridgehead atoms. The monoisotopic (exact) mass is 518 g/mol. The number of H-pyrrole nitrogens is 1. The zero-order valence-electron chi connectivity index (χ0n) is 21.2. The molecule has 3 unspecified atom stereocenters. The van der Waals surface area contributed by atoms with Crippen LogP contribution in [0, 0.1) is 0 Å². The van der Waals surface area contributed by atoms with Gasteiger partial charge in [-0.15, -0.1) is 0 Å². The highest BCUT2D eigenvalue weighted by Gasteiger charge is 2.33. The summed E-state index contributed by atoms with van der Waals surface area (Å²) < 4.78 is 0. The van der Waals surface area contributed by atoms with Crippen LogP contribution in [0.2, 0.25) is 0 Å². The standard InChI is InChI=1S/C32H22N8/c1-2-10-18-17(9-1)25-33-26(18)38-28-21-13-5-6-14-22(21)30(35-28)40-32-24-16-8-7-15-23(24)31(36-32)39-29-20-12-4-3-11-19(20)27(34-29)37-25/h1-16,25,27,30,37H,(H,33,35,38)(H,34,36,39,40). The SMILES string of the molecule is c1ccc2c(c1)C1=NC2/N=c2\[nH]c(c3ccccc23)=NC2=NC(NC3N=C(N1)c1ccccc13)c1ccccc12. The maximum Gasteiger partial charge on any atom is 0.170 e. The summed E-state index contributed by atoms with van der Waals surface area (Å²) in [5, 5.41) is 9.25. The van der Waals surface area contributed by atoms with Crippen LogP contribution in [0.15, 0.2) is 122 Å². The zero-order valence-corrected chi connectivity index (χ0v) is 21.2. The summed E-state index contributed by atoms with van der Waals surface area (Å²) in [6.45, 7) is 0. The molecule has 0 fully saturated rings. The Kier molecular flexibility index (Phi) is 4.42. The Balaban J connectivity index is 1.32. The molecule has 4 aromatic carbocycles. The number of nitrogens with one attached hydrogen (secondary N) is 3. The molecule has 0 radical (unpaired) electrons. The van der Waals surface area contributed by atoms with Gasteiger partial charge in [-0.05, 0) is 0 Å². The van der Waals surface area contributed by atoms with Crippen molar-refractivity contribution in [3.8, 4) is 0 Å². The van der Waals surface area contributed by atoms with Gasteiger partial charge in [0.1, 0.15) is 35.0 Å². The van der Waals surface area contributed by atoms with Gasteiger partial charge in [0, 0.05) is 44.2 Å². The lowest BCUT2D eigenvalue weighted by Crippen LogP contribution is -2.30. The van der Waals surface area contributed by atoms with Crippen LogP contribution < -0.4 is 21.6 Å². The van der Waals surface area contributed by atoms with Crippen molar-refractivity contribution in [1.29, 1.82) is 0 Å². The average molecular weight is 519 g/mol. The highest BCUT2D eigenvalue weighted by atomic mass is 15.2. The Morgan fingerprint density at radius 3 is 1.88 bits per heavy atom. The molecule has 0 saturated carbocycles. The number of aromatic nitrogens is 1. The molecule has 3 N–H and O–H groups in total. The molecule has 1 aromatic heterocycles. The molecule has 4 aliphatic heterocycles. The number of amidine groups is 3. The summed E-state index contributed by atoms with van der Waals surface area (Å²) in [6.07, 6.45) is -0.964. The van der Waals surface area contributed by atoms with Crippen molar-refractivity contribution in [2.24, 2.45) is 25.0 Å². The Morgan fingerprint density at radius 1 is 0.500 bits per heavy atom. The van der Waals surface area contributed by atoms with Crippen LogP contribution in [0.4, 0.5) is 0 Å². The number of rotatable bonds is 0. The minimum absolute atomic E-state index is 0.275. The van der Waals surface area contributed by atoms with E-state index in [0.29, 0.717) is 5.84 Å². The third-order valence-electron chi connectivity index (χ3n) is 7.96. The van der Waals surface area contributed by atoms with Crippen LogP contribution in [0.1, 0.15) is 51.9 Å². The van der Waals surface area contributed by atoms with E-state index < -0.39 is 6.17 Å². The maximum atomic E-state index is 5.12. The number of benzene rings is 4. The van der Waals surface area contributed by atoms with E-state index in [9.17, 15) is 0 Å². The van der Waals surface area contributed by atoms with Crippen LogP contribution in [0.3, 0.4) is 0 Å². The third kappa shape index (κ3) is 3.14. The summed E-state index contributed by atoms with van der Waals surface area (Å²) in [5.74, 6) is 2.22. The van der Waals surface area contributed by atoms with E-state index in [0.717, 1.165) is 66.8 Å². The van der Waals surface area contributed by atoms with Crippen molar-refractivity contribution in [3.63, 3.8) is 0 Å². The first-order chi connectivity index (χ1) is 19.8. The second-order valence-corrected chi connectivity index (χ2v) is 10.2. The number of hydrogen-bond acceptors (Lipinski definition) is 7. The Bertz CT molecular complexity index is 2100. The molecule has 9 rings (SSSR count). The second kappa shape index (κ2) is 8.14. The van der Waals surface area contributed by atoms with Gasteiger partial charge in [-0.3, -0.25) is 5.32 Å². The topological polar surface area (TPSA) is 102 Å². The predicted octanol–water partition coefficient (Wildman–Crippen LogP) is 3.98. The fourth-order valence-corrected chi connectivity index (χ4v) is 6.08. The molecule has 4 aliphatic rings. The van der Waals surface area contributed by atoms with E-state index >= 15 is 0 Å². The number of hydrogen-bond donors (Lipinski definition) is 3. The van der Waals surface area contributed by atoms with E-state index in [1.54, 1.807) is 0 Å². The Labute approximate surface area is 228 Å². The smallest absolute Gasteiger partial charge is 0.170 e. The van der Waals surface area contributed by atoms with Gasteiger partial charge in [-0.25, -0.2) is 25.0 Å². The summed E-state index contributed by atoms with van der Waals surface area (Å²) >= 11 is 0. The lowest BCUT2D eigenvalue weighted by molar-refractivity contribution is 0.478. The van der Waals surface area contributed by atoms with Gasteiger partial charge in [0.15, 0.2) is 12.0 Å². The van der Waals surface area contributed by atoms with E-state index in [1.165, 1.54) is 0 Å². The van der Waals surface area contributed by atoms with Crippen molar-refractivity contribution < 1.29 is 0 Å². The van der Waals surface area contributed by atoms with E-state index in [4.69, 9.17) is 25.0 Å². The van der Waals surface area contributed by atoms with Gasteiger partial charge in [-0.2, -0.15) is 0 Å². The van der Waals surface area contributed by atoms with E-state index in [2.05, 4.69) is 64.1 Å². The lowest BCUT2D eigenvalue weighted by Gasteiger charge is -2.17. The number of aliphatic imine (C=N–C) groups is 3. The second-order valence-electron chi connectivity index (χ2n) is 10.2. The first-order valence-corrected chi connectivity index (χ1v) is 13.4. The predicted molar refractivity (Wildman–Crippen MR) is 154 cm³/mol. The quantitative estimate of drug-likeness (QED) is 0.289. The maximum absolute atomic E-state index is 5.12. The molecule has 8 nitrogen and oxygen atoms in total. The van der Waals surface area contributed by atoms with Crippen LogP contribution in [-0.4, -0.2) is 22.5 Å². The fourth-order valence-electron chi connectivity index (χ4n) is 6.08.